The van der Waals surface area contributed by atoms with Crippen molar-refractivity contribution in [2.45, 2.75) is 36.5 Å². The van der Waals surface area contributed by atoms with Gasteiger partial charge >= 0.3 is 0 Å². The Bertz CT molecular complexity index is 598. The number of halogens is 2. The van der Waals surface area contributed by atoms with Gasteiger partial charge in [0.15, 0.2) is 11.6 Å². The molecule has 2 atom stereocenters. The summed E-state index contributed by atoms with van der Waals surface area (Å²) in [6, 6.07) is 12.1. The van der Waals surface area contributed by atoms with E-state index in [2.05, 4.69) is 0 Å². The molecule has 0 amide bonds. The minimum Gasteiger partial charge on any atom is -0.326 e. The van der Waals surface area contributed by atoms with Crippen LogP contribution in [-0.4, -0.2) is 6.04 Å². The van der Waals surface area contributed by atoms with Gasteiger partial charge in [0.25, 0.3) is 0 Å². The van der Waals surface area contributed by atoms with Crippen molar-refractivity contribution in [1.29, 1.82) is 0 Å². The zero-order valence-corrected chi connectivity index (χ0v) is 13.0. The molecule has 4 heteroatoms. The van der Waals surface area contributed by atoms with Crippen LogP contribution in [0.2, 0.25) is 0 Å². The molecule has 112 valence electrons. The first-order chi connectivity index (χ1) is 10.0. The second-order valence-electron chi connectivity index (χ2n) is 5.10. The van der Waals surface area contributed by atoms with E-state index in [-0.39, 0.29) is 11.3 Å². The van der Waals surface area contributed by atoms with Gasteiger partial charge in [0, 0.05) is 16.2 Å². The van der Waals surface area contributed by atoms with E-state index < -0.39 is 11.6 Å². The SMILES string of the molecule is CCC(N)C(Sc1ccc(F)c(F)c1)c1ccc(C)cc1. The number of thioether (sulfide) groups is 1. The molecule has 0 radical (unpaired) electrons. The van der Waals surface area contributed by atoms with Crippen LogP contribution in [0.3, 0.4) is 0 Å². The molecule has 0 bridgehead atoms. The lowest BCUT2D eigenvalue weighted by Crippen LogP contribution is -2.25. The number of aryl methyl sites for hydroxylation is 1. The zero-order valence-electron chi connectivity index (χ0n) is 12.1. The summed E-state index contributed by atoms with van der Waals surface area (Å²) in [6.07, 6.45) is 0.815. The predicted molar refractivity (Wildman–Crippen MR) is 84.4 cm³/mol. The molecule has 0 saturated carbocycles. The van der Waals surface area contributed by atoms with Crippen molar-refractivity contribution in [2.24, 2.45) is 5.73 Å². The standard InChI is InChI=1S/C17H19F2NS/c1-3-16(20)17(12-6-4-11(2)5-7-12)21-13-8-9-14(18)15(19)10-13/h4-10,16-17H,3,20H2,1-2H3. The number of hydrogen-bond donors (Lipinski definition) is 1. The van der Waals surface area contributed by atoms with E-state index >= 15 is 0 Å². The summed E-state index contributed by atoms with van der Waals surface area (Å²) in [7, 11) is 0. The molecule has 2 aromatic rings. The average Bonchev–Trinajstić information content (AvgIpc) is 2.48. The van der Waals surface area contributed by atoms with Crippen LogP contribution in [0.1, 0.15) is 29.7 Å². The van der Waals surface area contributed by atoms with Crippen LogP contribution in [0.5, 0.6) is 0 Å². The van der Waals surface area contributed by atoms with E-state index in [0.29, 0.717) is 4.90 Å². The fraction of sp³-hybridized carbons (Fsp3) is 0.294. The highest BCUT2D eigenvalue weighted by Crippen LogP contribution is 2.38. The summed E-state index contributed by atoms with van der Waals surface area (Å²) in [4.78, 5) is 0.684. The van der Waals surface area contributed by atoms with Crippen LogP contribution in [0.15, 0.2) is 47.4 Å². The highest BCUT2D eigenvalue weighted by atomic mass is 32.2. The van der Waals surface area contributed by atoms with E-state index in [9.17, 15) is 8.78 Å². The van der Waals surface area contributed by atoms with Crippen molar-refractivity contribution in [1.82, 2.24) is 0 Å². The summed E-state index contributed by atoms with van der Waals surface area (Å²) in [5.74, 6) is -1.65. The third kappa shape index (κ3) is 4.05. The Hall–Kier alpha value is -1.39. The number of rotatable bonds is 5. The van der Waals surface area contributed by atoms with Gasteiger partial charge in [-0.05, 0) is 37.1 Å². The normalized spacial score (nSPS) is 14.0. The van der Waals surface area contributed by atoms with Gasteiger partial charge in [-0.15, -0.1) is 11.8 Å². The van der Waals surface area contributed by atoms with Gasteiger partial charge in [0.1, 0.15) is 0 Å². The van der Waals surface area contributed by atoms with Crippen LogP contribution in [0.4, 0.5) is 8.78 Å². The van der Waals surface area contributed by atoms with Gasteiger partial charge in [0.05, 0.1) is 0 Å². The summed E-state index contributed by atoms with van der Waals surface area (Å²) in [5.41, 5.74) is 8.50. The Morgan fingerprint density at radius 3 is 2.29 bits per heavy atom. The smallest absolute Gasteiger partial charge is 0.159 e. The van der Waals surface area contributed by atoms with Crippen LogP contribution < -0.4 is 5.73 Å². The van der Waals surface area contributed by atoms with Gasteiger partial charge in [-0.25, -0.2) is 8.78 Å². The van der Waals surface area contributed by atoms with Crippen molar-refractivity contribution < 1.29 is 8.78 Å². The molecule has 0 fully saturated rings. The first-order valence-corrected chi connectivity index (χ1v) is 7.83. The highest BCUT2D eigenvalue weighted by molar-refractivity contribution is 7.99. The lowest BCUT2D eigenvalue weighted by Gasteiger charge is -2.23. The fourth-order valence-corrected chi connectivity index (χ4v) is 3.34. The average molecular weight is 307 g/mol. The van der Waals surface area contributed by atoms with Crippen molar-refractivity contribution in [3.05, 3.63) is 65.2 Å². The lowest BCUT2D eigenvalue weighted by atomic mass is 10.0. The van der Waals surface area contributed by atoms with Gasteiger partial charge in [-0.1, -0.05) is 36.8 Å². The molecule has 0 aliphatic carbocycles. The molecule has 0 aliphatic rings. The van der Waals surface area contributed by atoms with E-state index in [4.69, 9.17) is 5.73 Å². The Balaban J connectivity index is 2.28. The van der Waals surface area contributed by atoms with E-state index in [1.54, 1.807) is 6.07 Å². The molecule has 2 rings (SSSR count). The van der Waals surface area contributed by atoms with Crippen LogP contribution in [0.25, 0.3) is 0 Å². The maximum Gasteiger partial charge on any atom is 0.159 e. The number of hydrogen-bond acceptors (Lipinski definition) is 2. The summed E-state index contributed by atoms with van der Waals surface area (Å²) >= 11 is 1.47. The molecule has 2 N–H and O–H groups in total. The molecular formula is C17H19F2NS. The molecule has 0 heterocycles. The van der Waals surface area contributed by atoms with Crippen molar-refractivity contribution in [3.63, 3.8) is 0 Å². The van der Waals surface area contributed by atoms with E-state index in [1.807, 2.05) is 38.1 Å². The monoisotopic (exact) mass is 307 g/mol. The maximum absolute atomic E-state index is 13.3. The summed E-state index contributed by atoms with van der Waals surface area (Å²) in [6.45, 7) is 4.05. The van der Waals surface area contributed by atoms with Crippen LogP contribution in [-0.2, 0) is 0 Å². The number of nitrogens with two attached hydrogens (primary N) is 1. The molecule has 0 aliphatic heterocycles. The highest BCUT2D eigenvalue weighted by Gasteiger charge is 2.20. The lowest BCUT2D eigenvalue weighted by molar-refractivity contribution is 0.506. The van der Waals surface area contributed by atoms with Crippen molar-refractivity contribution >= 4 is 11.8 Å². The molecule has 0 saturated heterocycles. The molecule has 1 nitrogen and oxygen atoms in total. The van der Waals surface area contributed by atoms with Gasteiger partial charge in [-0.2, -0.15) is 0 Å². The number of benzene rings is 2. The van der Waals surface area contributed by atoms with Gasteiger partial charge < -0.3 is 5.73 Å². The Labute approximate surface area is 128 Å². The largest absolute Gasteiger partial charge is 0.326 e. The van der Waals surface area contributed by atoms with Crippen molar-refractivity contribution in [3.8, 4) is 0 Å². The summed E-state index contributed by atoms with van der Waals surface area (Å²) in [5, 5.41) is 0.0143. The molecule has 2 aromatic carbocycles. The third-order valence-corrected chi connectivity index (χ3v) is 4.82. The van der Waals surface area contributed by atoms with Crippen LogP contribution in [0, 0.1) is 18.6 Å². The zero-order chi connectivity index (χ0) is 15.4. The minimum absolute atomic E-state index is 0.0143. The van der Waals surface area contributed by atoms with Crippen LogP contribution >= 0.6 is 11.8 Å². The Morgan fingerprint density at radius 1 is 1.05 bits per heavy atom. The second-order valence-corrected chi connectivity index (χ2v) is 6.31. The van der Waals surface area contributed by atoms with Gasteiger partial charge in [-0.3, -0.25) is 0 Å². The fourth-order valence-electron chi connectivity index (χ4n) is 2.07. The quantitative estimate of drug-likeness (QED) is 0.800. The molecule has 21 heavy (non-hydrogen) atoms. The molecule has 2 unspecified atom stereocenters. The first kappa shape index (κ1) is 16.0. The molecule has 0 aromatic heterocycles. The maximum atomic E-state index is 13.3. The van der Waals surface area contributed by atoms with E-state index in [0.717, 1.165) is 18.1 Å². The summed E-state index contributed by atoms with van der Waals surface area (Å²) < 4.78 is 26.4. The topological polar surface area (TPSA) is 26.0 Å². The van der Waals surface area contributed by atoms with Gasteiger partial charge in [0.2, 0.25) is 0 Å². The minimum atomic E-state index is -0.828. The second kappa shape index (κ2) is 7.05. The molecule has 0 spiro atoms. The van der Waals surface area contributed by atoms with Crippen molar-refractivity contribution in [2.75, 3.05) is 0 Å². The first-order valence-electron chi connectivity index (χ1n) is 6.95. The third-order valence-electron chi connectivity index (χ3n) is 3.42. The molecular weight excluding hydrogens is 288 g/mol. The Morgan fingerprint density at radius 2 is 1.71 bits per heavy atom. The predicted octanol–water partition coefficient (Wildman–Crippen LogP) is 4.84. The van der Waals surface area contributed by atoms with E-state index in [1.165, 1.54) is 23.4 Å². The Kier molecular flexibility index (Phi) is 5.37.